The van der Waals surface area contributed by atoms with Crippen molar-refractivity contribution in [2.24, 2.45) is 0 Å². The van der Waals surface area contributed by atoms with Crippen LogP contribution in [0.3, 0.4) is 0 Å². The van der Waals surface area contributed by atoms with Crippen molar-refractivity contribution in [3.8, 4) is 5.75 Å². The maximum absolute atomic E-state index is 13.8. The summed E-state index contributed by atoms with van der Waals surface area (Å²) in [6.45, 7) is 0. The van der Waals surface area contributed by atoms with Crippen molar-refractivity contribution in [2.45, 2.75) is 4.90 Å². The molecule has 0 bridgehead atoms. The van der Waals surface area contributed by atoms with E-state index in [4.69, 9.17) is 10.5 Å². The normalized spacial score (nSPS) is 10.3. The molecule has 19 heavy (non-hydrogen) atoms. The molecule has 0 unspecified atom stereocenters. The summed E-state index contributed by atoms with van der Waals surface area (Å²) in [5.74, 6) is 0.0396. The third-order valence-corrected chi connectivity index (χ3v) is 3.39. The lowest BCUT2D eigenvalue weighted by molar-refractivity contribution is 0.416. The van der Waals surface area contributed by atoms with Crippen LogP contribution in [0.15, 0.2) is 41.3 Å². The highest BCUT2D eigenvalue weighted by Gasteiger charge is 2.08. The van der Waals surface area contributed by atoms with Gasteiger partial charge >= 0.3 is 0 Å². The van der Waals surface area contributed by atoms with Crippen LogP contribution in [0.4, 0.5) is 21.5 Å². The maximum Gasteiger partial charge on any atom is 0.148 e. The Hall–Kier alpha value is -1.88. The molecule has 0 aliphatic heterocycles. The average Bonchev–Trinajstić information content (AvgIpc) is 2.42. The zero-order valence-corrected chi connectivity index (χ0v) is 11.6. The number of nitrogens with one attached hydrogen (secondary N) is 1. The van der Waals surface area contributed by atoms with E-state index in [1.54, 1.807) is 17.8 Å². The fourth-order valence-corrected chi connectivity index (χ4v) is 2.16. The Labute approximate surface area is 116 Å². The summed E-state index contributed by atoms with van der Waals surface area (Å²) in [5, 5.41) is 3.02. The minimum atomic E-state index is -0.409. The standard InChI is InChI=1S/C14H15FN2OS/c1-18-14-8-13(11(15)7-12(14)16)17-9-4-3-5-10(6-9)19-2/h3-8,17H,16H2,1-2H3. The third-order valence-electron chi connectivity index (χ3n) is 2.67. The van der Waals surface area contributed by atoms with Crippen molar-refractivity contribution in [2.75, 3.05) is 24.4 Å². The topological polar surface area (TPSA) is 47.3 Å². The van der Waals surface area contributed by atoms with Gasteiger partial charge in [-0.25, -0.2) is 4.39 Å². The van der Waals surface area contributed by atoms with Gasteiger partial charge in [-0.3, -0.25) is 0 Å². The van der Waals surface area contributed by atoms with Gasteiger partial charge in [-0.1, -0.05) is 6.07 Å². The van der Waals surface area contributed by atoms with Crippen molar-refractivity contribution >= 4 is 28.8 Å². The van der Waals surface area contributed by atoms with E-state index in [1.165, 1.54) is 13.2 Å². The van der Waals surface area contributed by atoms with Crippen LogP contribution in [0.1, 0.15) is 0 Å². The van der Waals surface area contributed by atoms with Crippen LogP contribution in [0.2, 0.25) is 0 Å². The first-order valence-electron chi connectivity index (χ1n) is 5.68. The Balaban J connectivity index is 2.32. The number of nitrogen functional groups attached to an aromatic ring is 1. The number of benzene rings is 2. The zero-order valence-electron chi connectivity index (χ0n) is 10.7. The summed E-state index contributed by atoms with van der Waals surface area (Å²) < 4.78 is 18.9. The molecule has 5 heteroatoms. The number of nitrogens with two attached hydrogens (primary N) is 1. The highest BCUT2D eigenvalue weighted by molar-refractivity contribution is 7.98. The van der Waals surface area contributed by atoms with E-state index in [2.05, 4.69) is 5.32 Å². The lowest BCUT2D eigenvalue weighted by atomic mass is 10.2. The Bertz CT molecular complexity index is 590. The summed E-state index contributed by atoms with van der Waals surface area (Å²) in [6.07, 6.45) is 1.99. The summed E-state index contributed by atoms with van der Waals surface area (Å²) in [5.41, 5.74) is 7.08. The predicted octanol–water partition coefficient (Wildman–Crippen LogP) is 3.88. The highest BCUT2D eigenvalue weighted by Crippen LogP contribution is 2.31. The van der Waals surface area contributed by atoms with Crippen molar-refractivity contribution in [1.82, 2.24) is 0 Å². The van der Waals surface area contributed by atoms with Gasteiger partial charge in [-0.2, -0.15) is 0 Å². The van der Waals surface area contributed by atoms with Gasteiger partial charge in [0, 0.05) is 22.7 Å². The van der Waals surface area contributed by atoms with Gasteiger partial charge in [0.1, 0.15) is 11.6 Å². The van der Waals surface area contributed by atoms with Gasteiger partial charge in [0.05, 0.1) is 18.5 Å². The fourth-order valence-electron chi connectivity index (χ4n) is 1.70. The second-order valence-corrected chi connectivity index (χ2v) is 4.81. The molecule has 0 fully saturated rings. The Morgan fingerprint density at radius 2 is 2.05 bits per heavy atom. The third kappa shape index (κ3) is 3.12. The van der Waals surface area contributed by atoms with Crippen molar-refractivity contribution in [1.29, 1.82) is 0 Å². The van der Waals surface area contributed by atoms with Gasteiger partial charge in [0.15, 0.2) is 0 Å². The summed E-state index contributed by atoms with van der Waals surface area (Å²) in [7, 11) is 1.50. The number of thioether (sulfide) groups is 1. The number of hydrogen-bond acceptors (Lipinski definition) is 4. The van der Waals surface area contributed by atoms with Crippen LogP contribution in [0.25, 0.3) is 0 Å². The van der Waals surface area contributed by atoms with Gasteiger partial charge in [0.2, 0.25) is 0 Å². The number of anilines is 3. The molecule has 2 aromatic carbocycles. The summed E-state index contributed by atoms with van der Waals surface area (Å²) in [4.78, 5) is 1.10. The number of hydrogen-bond donors (Lipinski definition) is 2. The Morgan fingerprint density at radius 3 is 2.74 bits per heavy atom. The van der Waals surface area contributed by atoms with E-state index in [1.807, 2.05) is 30.5 Å². The zero-order chi connectivity index (χ0) is 13.8. The molecule has 2 aromatic rings. The molecule has 0 saturated heterocycles. The molecule has 0 aliphatic carbocycles. The molecule has 100 valence electrons. The molecule has 0 aliphatic rings. The van der Waals surface area contributed by atoms with Crippen LogP contribution in [0.5, 0.6) is 5.75 Å². The highest BCUT2D eigenvalue weighted by atomic mass is 32.2. The van der Waals surface area contributed by atoms with E-state index in [0.29, 0.717) is 11.4 Å². The maximum atomic E-state index is 13.8. The molecule has 0 spiro atoms. The van der Waals surface area contributed by atoms with E-state index >= 15 is 0 Å². The molecule has 2 rings (SSSR count). The first-order chi connectivity index (χ1) is 9.13. The quantitative estimate of drug-likeness (QED) is 0.658. The smallest absolute Gasteiger partial charge is 0.148 e. The first-order valence-corrected chi connectivity index (χ1v) is 6.90. The van der Waals surface area contributed by atoms with Gasteiger partial charge < -0.3 is 15.8 Å². The van der Waals surface area contributed by atoms with E-state index < -0.39 is 5.82 Å². The van der Waals surface area contributed by atoms with Crippen LogP contribution >= 0.6 is 11.8 Å². The van der Waals surface area contributed by atoms with Gasteiger partial charge in [-0.05, 0) is 24.5 Å². The lowest BCUT2D eigenvalue weighted by Crippen LogP contribution is -1.98. The van der Waals surface area contributed by atoms with Gasteiger partial charge in [0.25, 0.3) is 0 Å². The number of methoxy groups -OCH3 is 1. The fraction of sp³-hybridized carbons (Fsp3) is 0.143. The van der Waals surface area contributed by atoms with Crippen molar-refractivity contribution < 1.29 is 9.13 Å². The van der Waals surface area contributed by atoms with E-state index in [0.717, 1.165) is 10.6 Å². The largest absolute Gasteiger partial charge is 0.495 e. The van der Waals surface area contributed by atoms with Crippen LogP contribution in [0, 0.1) is 5.82 Å². The molecule has 0 heterocycles. The minimum absolute atomic E-state index is 0.281. The average molecular weight is 278 g/mol. The van der Waals surface area contributed by atoms with Crippen LogP contribution < -0.4 is 15.8 Å². The molecular weight excluding hydrogens is 263 g/mol. The molecule has 0 atom stereocenters. The number of halogens is 1. The Morgan fingerprint density at radius 1 is 1.26 bits per heavy atom. The molecule has 0 radical (unpaired) electrons. The Kier molecular flexibility index (Phi) is 4.16. The number of rotatable bonds is 4. The molecule has 3 nitrogen and oxygen atoms in total. The molecule has 0 amide bonds. The lowest BCUT2D eigenvalue weighted by Gasteiger charge is -2.12. The second-order valence-electron chi connectivity index (χ2n) is 3.93. The monoisotopic (exact) mass is 278 g/mol. The van der Waals surface area contributed by atoms with Gasteiger partial charge in [-0.15, -0.1) is 11.8 Å². The van der Waals surface area contributed by atoms with Crippen molar-refractivity contribution in [3.63, 3.8) is 0 Å². The first kappa shape index (κ1) is 13.5. The van der Waals surface area contributed by atoms with Crippen LogP contribution in [-0.4, -0.2) is 13.4 Å². The SMILES string of the molecule is COc1cc(Nc2cccc(SC)c2)c(F)cc1N. The van der Waals surface area contributed by atoms with Crippen molar-refractivity contribution in [3.05, 3.63) is 42.2 Å². The number of ether oxygens (including phenoxy) is 1. The van der Waals surface area contributed by atoms with Crippen LogP contribution in [-0.2, 0) is 0 Å². The molecule has 3 N–H and O–H groups in total. The minimum Gasteiger partial charge on any atom is -0.495 e. The summed E-state index contributed by atoms with van der Waals surface area (Å²) in [6, 6.07) is 10.5. The second kappa shape index (κ2) is 5.84. The molecule has 0 aromatic heterocycles. The summed E-state index contributed by atoms with van der Waals surface area (Å²) >= 11 is 1.63. The van der Waals surface area contributed by atoms with E-state index in [-0.39, 0.29) is 5.69 Å². The predicted molar refractivity (Wildman–Crippen MR) is 78.9 cm³/mol. The molecule has 0 saturated carbocycles. The van der Waals surface area contributed by atoms with E-state index in [9.17, 15) is 4.39 Å². The molecular formula is C14H15FN2OS.